The second-order valence-electron chi connectivity index (χ2n) is 7.40. The van der Waals surface area contributed by atoms with Crippen molar-refractivity contribution in [2.45, 2.75) is 45.3 Å². The first-order chi connectivity index (χ1) is 14.3. The lowest BCUT2D eigenvalue weighted by Crippen LogP contribution is -2.05. The van der Waals surface area contributed by atoms with Crippen LogP contribution < -0.4 is 0 Å². The van der Waals surface area contributed by atoms with Gasteiger partial charge in [-0.3, -0.25) is 9.67 Å². The van der Waals surface area contributed by atoms with Crippen molar-refractivity contribution in [3.63, 3.8) is 0 Å². The van der Waals surface area contributed by atoms with Gasteiger partial charge in [-0.25, -0.2) is 4.98 Å². The van der Waals surface area contributed by atoms with E-state index in [4.69, 9.17) is 4.98 Å². The molecular weight excluding hydrogens is 409 g/mol. The van der Waals surface area contributed by atoms with Crippen LogP contribution in [0.4, 0.5) is 13.2 Å². The van der Waals surface area contributed by atoms with Crippen LogP contribution in [0.1, 0.15) is 48.7 Å². The Morgan fingerprint density at radius 2 is 1.83 bits per heavy atom. The number of benzene rings is 1. The summed E-state index contributed by atoms with van der Waals surface area (Å²) in [5.74, 6) is 0.438. The van der Waals surface area contributed by atoms with Crippen molar-refractivity contribution >= 4 is 21.6 Å². The molecule has 0 saturated carbocycles. The molecule has 0 bridgehead atoms. The zero-order valence-electron chi connectivity index (χ0n) is 16.8. The number of thiazole rings is 1. The number of fused-ring (bicyclic) bond motifs is 1. The fourth-order valence-electron chi connectivity index (χ4n) is 3.36. The molecule has 4 rings (SSSR count). The fourth-order valence-corrected chi connectivity index (χ4v) is 4.52. The average Bonchev–Trinajstić information content (AvgIpc) is 3.38. The number of rotatable bonds is 5. The highest BCUT2D eigenvalue weighted by Crippen LogP contribution is 2.38. The minimum atomic E-state index is -4.41. The Bertz CT molecular complexity index is 1180. The van der Waals surface area contributed by atoms with Crippen LogP contribution >= 0.6 is 11.3 Å². The quantitative estimate of drug-likeness (QED) is 0.363. The van der Waals surface area contributed by atoms with Gasteiger partial charge in [0.2, 0.25) is 0 Å². The number of alkyl halides is 3. The van der Waals surface area contributed by atoms with Crippen molar-refractivity contribution < 1.29 is 13.2 Å². The smallest absolute Gasteiger partial charge is 0.273 e. The van der Waals surface area contributed by atoms with Gasteiger partial charge in [-0.2, -0.15) is 18.3 Å². The topological polar surface area (TPSA) is 43.6 Å². The lowest BCUT2D eigenvalue weighted by molar-refractivity contribution is -0.137. The minimum Gasteiger partial charge on any atom is -0.273 e. The predicted molar refractivity (Wildman–Crippen MR) is 113 cm³/mol. The molecular formula is C22H21F3N4S. The summed E-state index contributed by atoms with van der Waals surface area (Å²) in [7, 11) is 0. The summed E-state index contributed by atoms with van der Waals surface area (Å²) < 4.78 is 41.9. The molecule has 4 nitrogen and oxygen atoms in total. The van der Waals surface area contributed by atoms with Crippen LogP contribution in [0.3, 0.4) is 0 Å². The number of halogens is 3. The molecule has 0 aliphatic carbocycles. The van der Waals surface area contributed by atoms with Gasteiger partial charge >= 0.3 is 6.18 Å². The van der Waals surface area contributed by atoms with Crippen molar-refractivity contribution in [2.24, 2.45) is 0 Å². The number of hydrogen-bond donors (Lipinski definition) is 0. The second kappa shape index (κ2) is 7.83. The Morgan fingerprint density at radius 1 is 1.03 bits per heavy atom. The summed E-state index contributed by atoms with van der Waals surface area (Å²) >= 11 is 1.58. The monoisotopic (exact) mass is 430 g/mol. The molecule has 2 unspecified atom stereocenters. The van der Waals surface area contributed by atoms with E-state index in [1.165, 1.54) is 11.8 Å². The zero-order chi connectivity index (χ0) is 21.5. The first-order valence-corrected chi connectivity index (χ1v) is 10.5. The van der Waals surface area contributed by atoms with Crippen molar-refractivity contribution in [2.75, 3.05) is 0 Å². The number of hydrogen-bond acceptors (Lipinski definition) is 4. The molecule has 3 aromatic heterocycles. The molecule has 0 fully saturated rings. The summed E-state index contributed by atoms with van der Waals surface area (Å²) in [5, 5.41) is 5.36. The highest BCUT2D eigenvalue weighted by molar-refractivity contribution is 7.18. The van der Waals surface area contributed by atoms with Gasteiger partial charge in [0.1, 0.15) is 0 Å². The SMILES string of the molecule is CCn1cc(C(C)C(C)c2nc3ccc(-c4cncc(C(F)(F)F)c4)cc3s2)cn1. The van der Waals surface area contributed by atoms with Gasteiger partial charge in [0.15, 0.2) is 0 Å². The van der Waals surface area contributed by atoms with E-state index in [2.05, 4.69) is 37.1 Å². The normalized spacial score (nSPS) is 14.2. The molecule has 0 spiro atoms. The molecule has 0 N–H and O–H groups in total. The van der Waals surface area contributed by atoms with Crippen molar-refractivity contribution in [1.82, 2.24) is 19.7 Å². The summed E-state index contributed by atoms with van der Waals surface area (Å²) in [4.78, 5) is 8.54. The van der Waals surface area contributed by atoms with Gasteiger partial charge < -0.3 is 0 Å². The lowest BCUT2D eigenvalue weighted by atomic mass is 9.91. The standard InChI is InChI=1S/C22H21F3N4S/c1-4-29-12-17(10-27-29)13(2)14(3)21-28-19-6-5-15(8-20(19)30-21)16-7-18(11-26-9-16)22(23,24)25/h5-14H,4H2,1-3H3. The number of aromatic nitrogens is 4. The maximum Gasteiger partial charge on any atom is 0.417 e. The van der Waals surface area contributed by atoms with E-state index >= 15 is 0 Å². The molecule has 1 aromatic carbocycles. The molecule has 0 aliphatic rings. The van der Waals surface area contributed by atoms with Gasteiger partial charge in [-0.15, -0.1) is 11.3 Å². The fraction of sp³-hybridized carbons (Fsp3) is 0.318. The third-order valence-electron chi connectivity index (χ3n) is 5.45. The summed E-state index contributed by atoms with van der Waals surface area (Å²) in [5.41, 5.74) is 2.40. The lowest BCUT2D eigenvalue weighted by Gasteiger charge is -2.15. The molecule has 0 radical (unpaired) electrons. The van der Waals surface area contributed by atoms with Crippen LogP contribution in [0.5, 0.6) is 0 Å². The first-order valence-electron chi connectivity index (χ1n) is 9.71. The number of pyridine rings is 1. The van der Waals surface area contributed by atoms with Gasteiger partial charge in [0, 0.05) is 36.6 Å². The molecule has 2 atom stereocenters. The number of nitrogens with zero attached hydrogens (tertiary/aromatic N) is 4. The van der Waals surface area contributed by atoms with Crippen LogP contribution in [0.15, 0.2) is 49.1 Å². The van der Waals surface area contributed by atoms with Crippen LogP contribution in [0, 0.1) is 0 Å². The molecule has 30 heavy (non-hydrogen) atoms. The Kier molecular flexibility index (Phi) is 5.36. The average molecular weight is 430 g/mol. The Labute approximate surface area is 176 Å². The van der Waals surface area contributed by atoms with Crippen molar-refractivity contribution in [1.29, 1.82) is 0 Å². The van der Waals surface area contributed by atoms with Crippen LogP contribution in [-0.4, -0.2) is 19.7 Å². The van der Waals surface area contributed by atoms with Gasteiger partial charge in [0.25, 0.3) is 0 Å². The first kappa shape index (κ1) is 20.5. The summed E-state index contributed by atoms with van der Waals surface area (Å²) in [6.45, 7) is 7.18. The molecule has 0 saturated heterocycles. The summed E-state index contributed by atoms with van der Waals surface area (Å²) in [6, 6.07) is 6.67. The van der Waals surface area contributed by atoms with Crippen LogP contribution in [0.2, 0.25) is 0 Å². The molecule has 8 heteroatoms. The Balaban J connectivity index is 1.64. The largest absolute Gasteiger partial charge is 0.417 e. The van der Waals surface area contributed by atoms with E-state index in [1.54, 1.807) is 17.4 Å². The van der Waals surface area contributed by atoms with E-state index in [0.29, 0.717) is 11.1 Å². The van der Waals surface area contributed by atoms with Gasteiger partial charge in [-0.05, 0) is 42.2 Å². The van der Waals surface area contributed by atoms with Gasteiger partial charge in [-0.1, -0.05) is 19.9 Å². The summed E-state index contributed by atoms with van der Waals surface area (Å²) in [6.07, 6.45) is 1.84. The molecule has 4 aromatic rings. The van der Waals surface area contributed by atoms with Crippen LogP contribution in [0.25, 0.3) is 21.3 Å². The number of aryl methyl sites for hydroxylation is 1. The Hall–Kier alpha value is -2.74. The van der Waals surface area contributed by atoms with Crippen molar-refractivity contribution in [3.8, 4) is 11.1 Å². The van der Waals surface area contributed by atoms with Crippen molar-refractivity contribution in [3.05, 3.63) is 65.2 Å². The highest BCUT2D eigenvalue weighted by Gasteiger charge is 2.31. The third-order valence-corrected chi connectivity index (χ3v) is 6.67. The van der Waals surface area contributed by atoms with Gasteiger partial charge in [0.05, 0.1) is 27.0 Å². The predicted octanol–water partition coefficient (Wildman–Crippen LogP) is 6.50. The molecule has 0 amide bonds. The third kappa shape index (κ3) is 3.96. The second-order valence-corrected chi connectivity index (χ2v) is 8.46. The molecule has 156 valence electrons. The minimum absolute atomic E-state index is 0.190. The maximum atomic E-state index is 13.0. The maximum absolute atomic E-state index is 13.0. The Morgan fingerprint density at radius 3 is 2.53 bits per heavy atom. The van der Waals surface area contributed by atoms with Crippen LogP contribution in [-0.2, 0) is 12.7 Å². The van der Waals surface area contributed by atoms with E-state index in [0.717, 1.165) is 34.0 Å². The molecule has 3 heterocycles. The van der Waals surface area contributed by atoms with E-state index in [1.807, 2.05) is 23.0 Å². The van der Waals surface area contributed by atoms with E-state index < -0.39 is 11.7 Å². The van der Waals surface area contributed by atoms with E-state index in [-0.39, 0.29) is 11.8 Å². The highest BCUT2D eigenvalue weighted by atomic mass is 32.1. The zero-order valence-corrected chi connectivity index (χ0v) is 17.6. The molecule has 0 aliphatic heterocycles. The van der Waals surface area contributed by atoms with E-state index in [9.17, 15) is 13.2 Å².